The molecule has 0 amide bonds. The molecule has 0 radical (unpaired) electrons. The Labute approximate surface area is 511 Å². The van der Waals surface area contributed by atoms with Crippen LogP contribution in [0.5, 0.6) is 0 Å². The molecule has 0 saturated carbocycles. The van der Waals surface area contributed by atoms with Crippen molar-refractivity contribution in [3.8, 4) is 44.5 Å². The summed E-state index contributed by atoms with van der Waals surface area (Å²) < 4.78 is 0. The van der Waals surface area contributed by atoms with Crippen LogP contribution in [0.2, 0.25) is 0 Å². The molecule has 86 heavy (non-hydrogen) atoms. The summed E-state index contributed by atoms with van der Waals surface area (Å²) in [6.45, 7) is 28.7. The number of hydrogen-bond acceptors (Lipinski definition) is 0. The SMILES string of the molecule is CC(C)(C)c1cc(-c2c3c(c(-c4cc(C(C)(C)C)cc(C(C)(C)C)c4)c4cc5ccccc5cc24)C2=CC=C4c5c(c(-c6ccccc6C6=CC=CCC6)c6ccccc6c5-c5ccccc5C5=CC=CCC5)C5=CC=C3C2C54)cc(C(C)(C)C)c1. The summed E-state index contributed by atoms with van der Waals surface area (Å²) in [5, 5.41) is 7.81. The lowest BCUT2D eigenvalue weighted by Gasteiger charge is -2.31. The molecule has 6 aliphatic rings. The summed E-state index contributed by atoms with van der Waals surface area (Å²) in [7, 11) is 0. The smallest absolute Gasteiger partial charge is 0.0212 e. The topological polar surface area (TPSA) is 0 Å². The molecule has 424 valence electrons. The molecular weight excluding hydrogens is 1030 g/mol. The normalized spacial score (nSPS) is 17.9. The molecule has 9 aromatic rings. The Bertz CT molecular complexity index is 4340. The number of allylic oxidation sites excluding steroid dienone is 16. The molecule has 0 nitrogen and oxygen atoms in total. The molecule has 0 aromatic heterocycles. The predicted molar refractivity (Wildman–Crippen MR) is 374 cm³/mol. The van der Waals surface area contributed by atoms with Crippen molar-refractivity contribution >= 4 is 65.8 Å². The largest absolute Gasteiger partial charge is 0.0842 e. The highest BCUT2D eigenvalue weighted by Gasteiger charge is 2.51. The fourth-order valence-corrected chi connectivity index (χ4v) is 15.6. The Morgan fingerprint density at radius 3 is 0.930 bits per heavy atom. The van der Waals surface area contributed by atoms with E-state index in [1.807, 2.05) is 0 Å². The van der Waals surface area contributed by atoms with Crippen molar-refractivity contribution in [2.45, 2.75) is 130 Å². The zero-order valence-corrected chi connectivity index (χ0v) is 52.6. The van der Waals surface area contributed by atoms with Crippen LogP contribution in [-0.2, 0) is 21.7 Å². The maximum Gasteiger partial charge on any atom is 0.0212 e. The highest BCUT2D eigenvalue weighted by atomic mass is 14.5. The van der Waals surface area contributed by atoms with E-state index in [0.717, 1.165) is 25.7 Å². The van der Waals surface area contributed by atoms with Crippen molar-refractivity contribution in [3.63, 3.8) is 0 Å². The van der Waals surface area contributed by atoms with Gasteiger partial charge in [-0.2, -0.15) is 0 Å². The Kier molecular flexibility index (Phi) is 12.4. The lowest BCUT2D eigenvalue weighted by molar-refractivity contribution is 0.568. The first-order valence-electron chi connectivity index (χ1n) is 31.9. The predicted octanol–water partition coefficient (Wildman–Crippen LogP) is 24.0. The molecule has 0 saturated heterocycles. The molecule has 0 atom stereocenters. The minimum Gasteiger partial charge on any atom is -0.0842 e. The molecule has 0 bridgehead atoms. The van der Waals surface area contributed by atoms with Gasteiger partial charge < -0.3 is 0 Å². The second kappa shape index (κ2) is 19.6. The average Bonchev–Trinajstić information content (AvgIpc) is 1.51. The van der Waals surface area contributed by atoms with Gasteiger partial charge in [-0.05, 0) is 225 Å². The van der Waals surface area contributed by atoms with Gasteiger partial charge in [-0.15, -0.1) is 0 Å². The van der Waals surface area contributed by atoms with Gasteiger partial charge >= 0.3 is 0 Å². The first-order valence-corrected chi connectivity index (χ1v) is 31.9. The van der Waals surface area contributed by atoms with Gasteiger partial charge in [0.1, 0.15) is 0 Å². The summed E-state index contributed by atoms with van der Waals surface area (Å²) in [5.41, 5.74) is 32.8. The van der Waals surface area contributed by atoms with E-state index in [9.17, 15) is 0 Å². The maximum absolute atomic E-state index is 2.62. The molecule has 0 heteroatoms. The van der Waals surface area contributed by atoms with Gasteiger partial charge in [0.25, 0.3) is 0 Å². The van der Waals surface area contributed by atoms with Gasteiger partial charge in [0.15, 0.2) is 0 Å². The Balaban J connectivity index is 1.11. The maximum atomic E-state index is 2.62. The number of hydrogen-bond donors (Lipinski definition) is 0. The van der Waals surface area contributed by atoms with E-state index < -0.39 is 0 Å². The van der Waals surface area contributed by atoms with Crippen molar-refractivity contribution in [3.05, 3.63) is 262 Å². The van der Waals surface area contributed by atoms with Crippen LogP contribution in [0.3, 0.4) is 0 Å². The molecule has 0 unspecified atom stereocenters. The zero-order chi connectivity index (χ0) is 59.3. The summed E-state index contributed by atoms with van der Waals surface area (Å²) in [4.78, 5) is 0. The number of fused-ring (bicyclic) bond motifs is 9. The molecule has 15 rings (SSSR count). The monoisotopic (exact) mass is 1110 g/mol. The van der Waals surface area contributed by atoms with Gasteiger partial charge in [-0.25, -0.2) is 0 Å². The molecular formula is C86H80. The third kappa shape index (κ3) is 8.59. The van der Waals surface area contributed by atoms with Crippen molar-refractivity contribution in [2.75, 3.05) is 0 Å². The average molecular weight is 1110 g/mol. The van der Waals surface area contributed by atoms with Gasteiger partial charge in [-0.3, -0.25) is 0 Å². The molecule has 0 heterocycles. The second-order valence-corrected chi connectivity index (χ2v) is 29.7. The number of benzene rings is 9. The number of rotatable bonds is 6. The standard InChI is InChI=1S/C86H80/c1-83(2,3)57-43-55(44-58(49-57)84(4,5)6)73-71-47-53-31-19-20-32-54(53)48-72(71)74(56-45-59(85(7,8)9)50-60(46-56)86(10,11)12)80-68-40-42-70-78-69(41-39-67(77(68)78)79(73)80)81-75(63-35-23-21-33-61(63)51-27-15-13-16-28-51)65-37-25-26-38-66(65)76(82(70)81)64-36-24-22-34-62(64)52-29-17-14-18-30-52/h13-15,17,19-27,29,31-50,77-78H,16,18,28,30H2,1-12H3. The Morgan fingerprint density at radius 2 is 0.605 bits per heavy atom. The third-order valence-electron chi connectivity index (χ3n) is 20.1. The van der Waals surface area contributed by atoms with Gasteiger partial charge in [0.2, 0.25) is 0 Å². The minimum absolute atomic E-state index is 0.0737. The van der Waals surface area contributed by atoms with E-state index in [-0.39, 0.29) is 33.5 Å². The summed E-state index contributed by atoms with van der Waals surface area (Å²) in [6.07, 6.45) is 28.5. The highest BCUT2D eigenvalue weighted by molar-refractivity contribution is 6.25. The van der Waals surface area contributed by atoms with Gasteiger partial charge in [0, 0.05) is 11.8 Å². The van der Waals surface area contributed by atoms with Gasteiger partial charge in [-0.1, -0.05) is 277 Å². The lowest BCUT2D eigenvalue weighted by atomic mass is 9.71. The van der Waals surface area contributed by atoms with Crippen molar-refractivity contribution in [1.82, 2.24) is 0 Å². The van der Waals surface area contributed by atoms with Crippen LogP contribution < -0.4 is 0 Å². The van der Waals surface area contributed by atoms with Crippen LogP contribution in [0.15, 0.2) is 206 Å². The summed E-state index contributed by atoms with van der Waals surface area (Å²) in [5.74, 6) is 0.160. The van der Waals surface area contributed by atoms with E-state index in [0.29, 0.717) is 0 Å². The molecule has 0 aliphatic heterocycles. The van der Waals surface area contributed by atoms with Crippen LogP contribution in [-0.4, -0.2) is 0 Å². The van der Waals surface area contributed by atoms with Crippen molar-refractivity contribution in [1.29, 1.82) is 0 Å². The molecule has 6 aliphatic carbocycles. The first kappa shape index (κ1) is 54.3. The Morgan fingerprint density at radius 1 is 0.291 bits per heavy atom. The van der Waals surface area contributed by atoms with Crippen LogP contribution in [0, 0.1) is 11.8 Å². The van der Waals surface area contributed by atoms with E-state index in [2.05, 4.69) is 289 Å². The van der Waals surface area contributed by atoms with E-state index >= 15 is 0 Å². The van der Waals surface area contributed by atoms with E-state index in [1.165, 1.54) is 166 Å². The molecule has 9 aromatic carbocycles. The van der Waals surface area contributed by atoms with Gasteiger partial charge in [0.05, 0.1) is 0 Å². The van der Waals surface area contributed by atoms with Crippen LogP contribution in [0.1, 0.15) is 164 Å². The minimum atomic E-state index is -0.0737. The molecule has 0 N–H and O–H groups in total. The van der Waals surface area contributed by atoms with E-state index in [4.69, 9.17) is 0 Å². The summed E-state index contributed by atoms with van der Waals surface area (Å²) >= 11 is 0. The van der Waals surface area contributed by atoms with Crippen molar-refractivity contribution < 1.29 is 0 Å². The van der Waals surface area contributed by atoms with Crippen LogP contribution in [0.25, 0.3) is 110 Å². The highest BCUT2D eigenvalue weighted by Crippen LogP contribution is 2.69. The lowest BCUT2D eigenvalue weighted by Crippen LogP contribution is -2.18. The molecule has 0 fully saturated rings. The van der Waals surface area contributed by atoms with Crippen LogP contribution in [0.4, 0.5) is 0 Å². The van der Waals surface area contributed by atoms with E-state index in [1.54, 1.807) is 0 Å². The first-order chi connectivity index (χ1) is 41.2. The van der Waals surface area contributed by atoms with Crippen LogP contribution >= 0.6 is 0 Å². The third-order valence-corrected chi connectivity index (χ3v) is 20.1. The summed E-state index contributed by atoms with van der Waals surface area (Å²) in [6, 6.07) is 57.7. The zero-order valence-electron chi connectivity index (χ0n) is 52.6. The fraction of sp³-hybridized carbons (Fsp3) is 0.256. The Hall–Kier alpha value is -8.32. The second-order valence-electron chi connectivity index (χ2n) is 29.7. The quantitative estimate of drug-likeness (QED) is 0.146. The fourth-order valence-electron chi connectivity index (χ4n) is 15.6. The van der Waals surface area contributed by atoms with Crippen molar-refractivity contribution in [2.24, 2.45) is 11.8 Å². The molecule has 0 spiro atoms.